The first-order chi connectivity index (χ1) is 17.9. The van der Waals surface area contributed by atoms with Crippen molar-refractivity contribution in [1.29, 1.82) is 0 Å². The van der Waals surface area contributed by atoms with Gasteiger partial charge in [-0.15, -0.1) is 0 Å². The summed E-state index contributed by atoms with van der Waals surface area (Å²) in [5.74, 6) is -0.786. The smallest absolute Gasteiger partial charge is 0.307 e. The van der Waals surface area contributed by atoms with E-state index < -0.39 is 16.8 Å². The zero-order chi connectivity index (χ0) is 25.9. The number of carboxylic acid groups (broad SMARTS) is 1. The summed E-state index contributed by atoms with van der Waals surface area (Å²) >= 11 is 7.71. The molecule has 0 unspecified atom stereocenters. The molecule has 0 spiro atoms. The van der Waals surface area contributed by atoms with Crippen LogP contribution in [0.4, 0.5) is 11.4 Å². The molecule has 1 aliphatic carbocycles. The van der Waals surface area contributed by atoms with Crippen LogP contribution in [0.5, 0.6) is 0 Å². The van der Waals surface area contributed by atoms with Crippen molar-refractivity contribution in [3.8, 4) is 0 Å². The molecule has 1 saturated heterocycles. The molecule has 2 fully saturated rings. The highest BCUT2D eigenvalue weighted by molar-refractivity contribution is 7.99. The Morgan fingerprint density at radius 3 is 2.46 bits per heavy atom. The summed E-state index contributed by atoms with van der Waals surface area (Å²) in [4.78, 5) is 27.5. The van der Waals surface area contributed by atoms with E-state index in [0.717, 1.165) is 47.1 Å². The summed E-state index contributed by atoms with van der Waals surface area (Å²) in [6.07, 6.45) is 0.924. The number of hydrogen-bond donors (Lipinski definition) is 2. The molecule has 0 radical (unpaired) electrons. The van der Waals surface area contributed by atoms with Gasteiger partial charge >= 0.3 is 5.97 Å². The first kappa shape index (κ1) is 25.6. The Morgan fingerprint density at radius 1 is 1.05 bits per heavy atom. The van der Waals surface area contributed by atoms with Gasteiger partial charge in [0.05, 0.1) is 10.8 Å². The summed E-state index contributed by atoms with van der Waals surface area (Å²) in [7, 11) is 0. The number of nitrogens with one attached hydrogen (secondary N) is 1. The summed E-state index contributed by atoms with van der Waals surface area (Å²) in [6.45, 7) is 3.08. The number of likely N-dealkylation sites (tertiary alicyclic amines) is 1. The van der Waals surface area contributed by atoms with Crippen LogP contribution in [-0.2, 0) is 4.79 Å². The number of rotatable bonds is 9. The number of carbonyl (C=O) groups is 1. The Balaban J connectivity index is 1.29. The molecule has 3 aromatic carbocycles. The van der Waals surface area contributed by atoms with Gasteiger partial charge in [0.2, 0.25) is 0 Å². The predicted octanol–water partition coefficient (Wildman–Crippen LogP) is 6.25. The van der Waals surface area contributed by atoms with Gasteiger partial charge in [-0.2, -0.15) is 0 Å². The van der Waals surface area contributed by atoms with Crippen LogP contribution < -0.4 is 5.32 Å². The minimum atomic E-state index is -0.713. The lowest BCUT2D eigenvalue weighted by molar-refractivity contribution is -0.384. The van der Waals surface area contributed by atoms with Crippen LogP contribution in [-0.4, -0.2) is 47.1 Å². The number of fused-ring (bicyclic) bond motifs is 2. The molecule has 5 rings (SSSR count). The van der Waals surface area contributed by atoms with E-state index in [4.69, 9.17) is 11.6 Å². The largest absolute Gasteiger partial charge is 0.481 e. The van der Waals surface area contributed by atoms with E-state index in [2.05, 4.69) is 22.3 Å². The van der Waals surface area contributed by atoms with Crippen LogP contribution in [0.15, 0.2) is 82.6 Å². The van der Waals surface area contributed by atoms with Crippen LogP contribution in [0.25, 0.3) is 0 Å². The van der Waals surface area contributed by atoms with Gasteiger partial charge in [-0.25, -0.2) is 0 Å². The Kier molecular flexibility index (Phi) is 7.69. The molecule has 2 aliphatic rings. The molecular weight excluding hydrogens is 510 g/mol. The average Bonchev–Trinajstić information content (AvgIpc) is 3.15. The third kappa shape index (κ3) is 5.76. The van der Waals surface area contributed by atoms with E-state index >= 15 is 0 Å². The number of non-ortho nitro benzene ring substituents is 1. The van der Waals surface area contributed by atoms with Gasteiger partial charge < -0.3 is 15.3 Å². The number of nitrogens with zero attached hydrogens (tertiary/aromatic N) is 2. The van der Waals surface area contributed by atoms with Crippen molar-refractivity contribution in [2.24, 2.45) is 17.8 Å². The minimum absolute atomic E-state index is 0.0360. The maximum atomic E-state index is 12.5. The fourth-order valence-corrected chi connectivity index (χ4v) is 7.03. The molecule has 9 heteroatoms. The Bertz CT molecular complexity index is 1270. The number of nitro benzene ring substituents is 1. The summed E-state index contributed by atoms with van der Waals surface area (Å²) < 4.78 is 0. The molecule has 2 N–H and O–H groups in total. The van der Waals surface area contributed by atoms with Crippen LogP contribution in [0.2, 0.25) is 5.02 Å². The van der Waals surface area contributed by atoms with Gasteiger partial charge in [0, 0.05) is 64.7 Å². The topological polar surface area (TPSA) is 95.7 Å². The van der Waals surface area contributed by atoms with Crippen molar-refractivity contribution in [2.45, 2.75) is 22.1 Å². The molecule has 2 bridgehead atoms. The number of anilines is 1. The van der Waals surface area contributed by atoms with Gasteiger partial charge in [-0.1, -0.05) is 41.6 Å². The van der Waals surface area contributed by atoms with Crippen molar-refractivity contribution < 1.29 is 14.8 Å². The Hall–Kier alpha value is -3.07. The molecule has 1 saturated carbocycles. The minimum Gasteiger partial charge on any atom is -0.481 e. The van der Waals surface area contributed by atoms with Gasteiger partial charge in [0.25, 0.3) is 5.69 Å². The highest BCUT2D eigenvalue weighted by Gasteiger charge is 2.51. The quantitative estimate of drug-likeness (QED) is 0.246. The zero-order valence-electron chi connectivity index (χ0n) is 20.1. The molecule has 1 heterocycles. The second-order valence-corrected chi connectivity index (χ2v) is 11.3. The van der Waals surface area contributed by atoms with Crippen molar-refractivity contribution >= 4 is 40.7 Å². The summed E-state index contributed by atoms with van der Waals surface area (Å²) in [6, 6.07) is 22.3. The number of benzene rings is 3. The van der Waals surface area contributed by atoms with Crippen LogP contribution >= 0.6 is 23.4 Å². The first-order valence-corrected chi connectivity index (χ1v) is 13.5. The van der Waals surface area contributed by atoms with E-state index in [1.807, 2.05) is 36.4 Å². The molecular formula is C28H28ClN3O4S. The van der Waals surface area contributed by atoms with Crippen molar-refractivity contribution in [1.82, 2.24) is 4.90 Å². The maximum absolute atomic E-state index is 12.5. The maximum Gasteiger partial charge on any atom is 0.307 e. The third-order valence-corrected chi connectivity index (χ3v) is 8.79. The molecule has 1 aliphatic heterocycles. The van der Waals surface area contributed by atoms with Crippen LogP contribution in [0.3, 0.4) is 0 Å². The van der Waals surface area contributed by atoms with Gasteiger partial charge in [0.15, 0.2) is 0 Å². The molecule has 4 atom stereocenters. The van der Waals surface area contributed by atoms with Gasteiger partial charge in [-0.3, -0.25) is 14.9 Å². The van der Waals surface area contributed by atoms with Crippen molar-refractivity contribution in [3.63, 3.8) is 0 Å². The van der Waals surface area contributed by atoms with E-state index in [0.29, 0.717) is 11.6 Å². The first-order valence-electron chi connectivity index (χ1n) is 12.3. The molecule has 0 amide bonds. The number of hydrogen-bond acceptors (Lipinski definition) is 6. The number of halogens is 1. The van der Waals surface area contributed by atoms with Crippen LogP contribution in [0, 0.1) is 27.9 Å². The van der Waals surface area contributed by atoms with Crippen molar-refractivity contribution in [3.05, 3.63) is 93.5 Å². The van der Waals surface area contributed by atoms with Crippen LogP contribution in [0.1, 0.15) is 17.9 Å². The Morgan fingerprint density at radius 2 is 1.76 bits per heavy atom. The monoisotopic (exact) mass is 537 g/mol. The second kappa shape index (κ2) is 11.1. The van der Waals surface area contributed by atoms with Gasteiger partial charge in [0.1, 0.15) is 0 Å². The highest BCUT2D eigenvalue weighted by atomic mass is 35.5. The standard InChI is InChI=1S/C28H28ClN3O4S/c29-20-5-11-23(12-6-20)37-25-4-2-1-3-24(25)26-18-15-19(27(26)28(33)34)17-31(16-18)14-13-30-21-7-9-22(10-8-21)32(35)36/h1-12,18-19,26-27,30H,13-17H2,(H,33,34)/t18-,19+,26+,27-/m0/s1. The second-order valence-electron chi connectivity index (χ2n) is 9.73. The molecule has 0 aromatic heterocycles. The number of aliphatic carboxylic acids is 1. The highest BCUT2D eigenvalue weighted by Crippen LogP contribution is 2.53. The molecule has 3 aromatic rings. The fraction of sp³-hybridized carbons (Fsp3) is 0.321. The molecule has 192 valence electrons. The fourth-order valence-electron chi connectivity index (χ4n) is 5.91. The van der Waals surface area contributed by atoms with Crippen molar-refractivity contribution in [2.75, 3.05) is 31.5 Å². The summed E-state index contributed by atoms with van der Waals surface area (Å²) in [5, 5.41) is 25.2. The lowest BCUT2D eigenvalue weighted by Crippen LogP contribution is -2.40. The molecule has 7 nitrogen and oxygen atoms in total. The third-order valence-electron chi connectivity index (χ3n) is 7.43. The number of nitro groups is 1. The lowest BCUT2D eigenvalue weighted by Gasteiger charge is -2.33. The number of carboxylic acids is 1. The molecule has 37 heavy (non-hydrogen) atoms. The zero-order valence-corrected chi connectivity index (χ0v) is 21.7. The van der Waals surface area contributed by atoms with Gasteiger partial charge in [-0.05, 0) is 66.3 Å². The SMILES string of the molecule is O=C(O)[C@H]1[C@@H]2C[C@@H](CN(CCNc3ccc([N+](=O)[O-])cc3)C2)[C@@H]1c1ccccc1Sc1ccc(Cl)cc1. The predicted molar refractivity (Wildman–Crippen MR) is 146 cm³/mol. The van der Waals surface area contributed by atoms with E-state index in [9.17, 15) is 20.0 Å². The van der Waals surface area contributed by atoms with E-state index in [1.165, 1.54) is 12.1 Å². The Labute approximate surface area is 225 Å². The van der Waals surface area contributed by atoms with E-state index in [1.54, 1.807) is 23.9 Å². The average molecular weight is 538 g/mol. The normalized spacial score (nSPS) is 23.1. The summed E-state index contributed by atoms with van der Waals surface area (Å²) in [5.41, 5.74) is 2.02. The van der Waals surface area contributed by atoms with E-state index in [-0.39, 0.29) is 23.4 Å². The lowest BCUT2D eigenvalue weighted by atomic mass is 9.82. The number of piperidine rings is 1.